The van der Waals surface area contributed by atoms with Crippen molar-refractivity contribution >= 4 is 22.5 Å². The average molecular weight is 402 g/mol. The van der Waals surface area contributed by atoms with E-state index in [1.54, 1.807) is 18.6 Å². The van der Waals surface area contributed by atoms with Crippen LogP contribution >= 0.6 is 0 Å². The average Bonchev–Trinajstić information content (AvgIpc) is 2.78. The molecule has 1 aliphatic heterocycles. The van der Waals surface area contributed by atoms with Gasteiger partial charge in [-0.25, -0.2) is 4.98 Å². The van der Waals surface area contributed by atoms with Gasteiger partial charge in [0.15, 0.2) is 5.78 Å². The Morgan fingerprint density at radius 1 is 1.10 bits per heavy atom. The summed E-state index contributed by atoms with van der Waals surface area (Å²) in [5.41, 5.74) is 3.69. The van der Waals surface area contributed by atoms with E-state index >= 15 is 0 Å². The van der Waals surface area contributed by atoms with Gasteiger partial charge in [0.25, 0.3) is 0 Å². The fraction of sp³-hybridized carbons (Fsp3) is 0.375. The largest absolute Gasteiger partial charge is 0.306 e. The summed E-state index contributed by atoms with van der Waals surface area (Å²) < 4.78 is 0. The van der Waals surface area contributed by atoms with Crippen LogP contribution in [0.3, 0.4) is 0 Å². The monoisotopic (exact) mass is 402 g/mol. The molecular weight excluding hydrogens is 376 g/mol. The SMILES string of the molecule is CCC(=O)c1cncc(-c2ccc3cnc(CC(=O)C4CCN(C)CC4)cc3n2)c1. The number of nitrogens with zero attached hydrogens (tertiary/aromatic N) is 4. The van der Waals surface area contributed by atoms with Crippen molar-refractivity contribution in [1.29, 1.82) is 0 Å². The highest BCUT2D eigenvalue weighted by molar-refractivity contribution is 5.96. The van der Waals surface area contributed by atoms with Crippen molar-refractivity contribution in [1.82, 2.24) is 19.9 Å². The topological polar surface area (TPSA) is 76.1 Å². The number of hydrogen-bond acceptors (Lipinski definition) is 6. The molecule has 30 heavy (non-hydrogen) atoms. The van der Waals surface area contributed by atoms with E-state index in [1.165, 1.54) is 0 Å². The molecule has 0 unspecified atom stereocenters. The maximum atomic E-state index is 12.7. The molecule has 1 saturated heterocycles. The Bertz CT molecular complexity index is 1090. The Hall–Kier alpha value is -2.99. The first-order valence-corrected chi connectivity index (χ1v) is 10.5. The van der Waals surface area contributed by atoms with Crippen molar-refractivity contribution in [2.45, 2.75) is 32.6 Å². The Balaban J connectivity index is 1.57. The van der Waals surface area contributed by atoms with Crippen LogP contribution < -0.4 is 0 Å². The molecule has 1 fully saturated rings. The van der Waals surface area contributed by atoms with Crippen LogP contribution in [0.4, 0.5) is 0 Å². The number of Topliss-reactive ketones (excluding diaryl/α,β-unsaturated/α-hetero) is 2. The van der Waals surface area contributed by atoms with Gasteiger partial charge in [-0.1, -0.05) is 6.92 Å². The lowest BCUT2D eigenvalue weighted by Crippen LogP contribution is -2.34. The van der Waals surface area contributed by atoms with E-state index in [0.29, 0.717) is 18.4 Å². The normalized spacial score (nSPS) is 15.4. The molecule has 0 atom stereocenters. The lowest BCUT2D eigenvalue weighted by Gasteiger charge is -2.27. The Morgan fingerprint density at radius 3 is 2.67 bits per heavy atom. The van der Waals surface area contributed by atoms with Gasteiger partial charge in [0, 0.05) is 59.6 Å². The quantitative estimate of drug-likeness (QED) is 0.585. The van der Waals surface area contributed by atoms with E-state index in [-0.39, 0.29) is 17.5 Å². The van der Waals surface area contributed by atoms with Gasteiger partial charge in [-0.3, -0.25) is 19.6 Å². The van der Waals surface area contributed by atoms with Gasteiger partial charge in [-0.2, -0.15) is 0 Å². The van der Waals surface area contributed by atoms with E-state index in [0.717, 1.165) is 53.8 Å². The molecule has 6 nitrogen and oxygen atoms in total. The maximum absolute atomic E-state index is 12.7. The molecule has 3 aromatic heterocycles. The lowest BCUT2D eigenvalue weighted by molar-refractivity contribution is -0.123. The van der Waals surface area contributed by atoms with Gasteiger partial charge in [-0.05, 0) is 57.2 Å². The third-order valence-electron chi connectivity index (χ3n) is 5.84. The number of hydrogen-bond donors (Lipinski definition) is 0. The Labute approximate surface area is 176 Å². The van der Waals surface area contributed by atoms with E-state index in [9.17, 15) is 9.59 Å². The van der Waals surface area contributed by atoms with Crippen LogP contribution in [0.1, 0.15) is 42.2 Å². The zero-order chi connectivity index (χ0) is 21.1. The van der Waals surface area contributed by atoms with E-state index in [4.69, 9.17) is 4.98 Å². The van der Waals surface area contributed by atoms with Crippen molar-refractivity contribution < 1.29 is 9.59 Å². The number of likely N-dealkylation sites (tertiary alicyclic amines) is 1. The number of piperidine rings is 1. The van der Waals surface area contributed by atoms with Crippen molar-refractivity contribution in [3.05, 3.63) is 54.1 Å². The van der Waals surface area contributed by atoms with Crippen LogP contribution in [-0.2, 0) is 11.2 Å². The van der Waals surface area contributed by atoms with Gasteiger partial charge in [0.1, 0.15) is 5.78 Å². The van der Waals surface area contributed by atoms with Gasteiger partial charge in [0.2, 0.25) is 0 Å². The summed E-state index contributed by atoms with van der Waals surface area (Å²) in [5, 5.41) is 0.919. The zero-order valence-corrected chi connectivity index (χ0v) is 17.5. The highest BCUT2D eigenvalue weighted by atomic mass is 16.1. The minimum Gasteiger partial charge on any atom is -0.306 e. The van der Waals surface area contributed by atoms with Crippen LogP contribution in [0.15, 0.2) is 42.9 Å². The number of aromatic nitrogens is 3. The molecule has 0 bridgehead atoms. The van der Waals surface area contributed by atoms with E-state index < -0.39 is 0 Å². The number of ketones is 2. The zero-order valence-electron chi connectivity index (χ0n) is 17.5. The Kier molecular flexibility index (Phi) is 5.95. The number of carbonyl (C=O) groups is 2. The molecule has 4 heterocycles. The molecule has 0 N–H and O–H groups in total. The second kappa shape index (κ2) is 8.79. The van der Waals surface area contributed by atoms with Crippen LogP contribution in [0.25, 0.3) is 22.2 Å². The van der Waals surface area contributed by atoms with E-state index in [2.05, 4.69) is 21.9 Å². The van der Waals surface area contributed by atoms with Crippen LogP contribution in [0.2, 0.25) is 0 Å². The molecule has 3 aromatic rings. The lowest BCUT2D eigenvalue weighted by atomic mass is 9.90. The van der Waals surface area contributed by atoms with Crippen molar-refractivity contribution in [2.24, 2.45) is 5.92 Å². The van der Waals surface area contributed by atoms with Crippen LogP contribution in [-0.4, -0.2) is 51.6 Å². The first-order chi connectivity index (χ1) is 14.5. The van der Waals surface area contributed by atoms with Gasteiger partial charge in [-0.15, -0.1) is 0 Å². The summed E-state index contributed by atoms with van der Waals surface area (Å²) >= 11 is 0. The summed E-state index contributed by atoms with van der Waals surface area (Å²) in [6, 6.07) is 7.60. The van der Waals surface area contributed by atoms with Crippen LogP contribution in [0.5, 0.6) is 0 Å². The smallest absolute Gasteiger partial charge is 0.164 e. The second-order valence-electron chi connectivity index (χ2n) is 8.02. The first-order valence-electron chi connectivity index (χ1n) is 10.5. The number of fused-ring (bicyclic) bond motifs is 1. The first kappa shape index (κ1) is 20.3. The minimum atomic E-state index is 0.0593. The van der Waals surface area contributed by atoms with Gasteiger partial charge >= 0.3 is 0 Å². The van der Waals surface area contributed by atoms with Gasteiger partial charge in [0.05, 0.1) is 11.2 Å². The number of rotatable bonds is 6. The molecule has 4 rings (SSSR count). The molecule has 6 heteroatoms. The maximum Gasteiger partial charge on any atom is 0.164 e. The molecule has 0 radical (unpaired) electrons. The fourth-order valence-corrected chi connectivity index (χ4v) is 3.91. The standard InChI is InChI=1S/C24H26N4O2/c1-3-23(29)19-10-18(13-25-14-19)21-5-4-17-15-26-20(11-22(17)27-21)12-24(30)16-6-8-28(2)9-7-16/h4-5,10-11,13-16H,3,6-9,12H2,1-2H3. The molecule has 0 amide bonds. The fourth-order valence-electron chi connectivity index (χ4n) is 3.91. The second-order valence-corrected chi connectivity index (χ2v) is 8.02. The highest BCUT2D eigenvalue weighted by Gasteiger charge is 2.23. The summed E-state index contributed by atoms with van der Waals surface area (Å²) in [4.78, 5) is 40.4. The van der Waals surface area contributed by atoms with Crippen LogP contribution in [0, 0.1) is 5.92 Å². The molecular formula is C24H26N4O2. The third kappa shape index (κ3) is 4.44. The summed E-state index contributed by atoms with van der Waals surface area (Å²) in [6.45, 7) is 3.78. The number of carbonyl (C=O) groups excluding carboxylic acids is 2. The summed E-state index contributed by atoms with van der Waals surface area (Å²) in [7, 11) is 2.10. The molecule has 154 valence electrons. The molecule has 0 spiro atoms. The molecule has 0 saturated carbocycles. The van der Waals surface area contributed by atoms with E-state index in [1.807, 2.05) is 31.2 Å². The number of pyridine rings is 3. The summed E-state index contributed by atoms with van der Waals surface area (Å²) in [6.07, 6.45) is 7.71. The molecule has 0 aliphatic carbocycles. The molecule has 0 aromatic carbocycles. The third-order valence-corrected chi connectivity index (χ3v) is 5.84. The predicted octanol–water partition coefficient (Wildman–Crippen LogP) is 3.74. The van der Waals surface area contributed by atoms with Crippen molar-refractivity contribution in [3.8, 4) is 11.3 Å². The van der Waals surface area contributed by atoms with Crippen molar-refractivity contribution in [2.75, 3.05) is 20.1 Å². The van der Waals surface area contributed by atoms with Crippen molar-refractivity contribution in [3.63, 3.8) is 0 Å². The minimum absolute atomic E-state index is 0.0593. The summed E-state index contributed by atoms with van der Waals surface area (Å²) in [5.74, 6) is 0.452. The Morgan fingerprint density at radius 2 is 1.90 bits per heavy atom. The predicted molar refractivity (Wildman–Crippen MR) is 116 cm³/mol. The molecule has 1 aliphatic rings. The highest BCUT2D eigenvalue weighted by Crippen LogP contribution is 2.23. The van der Waals surface area contributed by atoms with Gasteiger partial charge < -0.3 is 4.90 Å².